The van der Waals surface area contributed by atoms with Gasteiger partial charge in [-0.2, -0.15) is 13.2 Å². The molecule has 0 spiro atoms. The van der Waals surface area contributed by atoms with Gasteiger partial charge in [0.25, 0.3) is 0 Å². The highest BCUT2D eigenvalue weighted by molar-refractivity contribution is 5.97. The SMILES string of the molecule is Cc1ccc(C(=O)C2CCN(CC(Oc3ccc(C(F)(F)F)cc3)c3ccccc3)CC2)cc1. The van der Waals surface area contributed by atoms with E-state index in [0.717, 1.165) is 54.8 Å². The molecular formula is C28H28F3NO2. The molecule has 6 heteroatoms. The predicted octanol–water partition coefficient (Wildman–Crippen LogP) is 6.73. The minimum atomic E-state index is -4.38. The summed E-state index contributed by atoms with van der Waals surface area (Å²) in [5, 5.41) is 0. The minimum absolute atomic E-state index is 0.00460. The van der Waals surface area contributed by atoms with Crippen LogP contribution in [0.2, 0.25) is 0 Å². The van der Waals surface area contributed by atoms with Crippen LogP contribution >= 0.6 is 0 Å². The zero-order chi connectivity index (χ0) is 24.1. The van der Waals surface area contributed by atoms with Gasteiger partial charge >= 0.3 is 6.18 Å². The molecule has 1 aliphatic heterocycles. The Morgan fingerprint density at radius 1 is 0.941 bits per heavy atom. The largest absolute Gasteiger partial charge is 0.484 e. The van der Waals surface area contributed by atoms with Gasteiger partial charge in [-0.3, -0.25) is 9.69 Å². The first kappa shape index (κ1) is 24.0. The van der Waals surface area contributed by atoms with E-state index in [0.29, 0.717) is 12.3 Å². The molecule has 1 saturated heterocycles. The number of nitrogens with zero attached hydrogens (tertiary/aromatic N) is 1. The van der Waals surface area contributed by atoms with Crippen LogP contribution in [0.15, 0.2) is 78.9 Å². The average molecular weight is 468 g/mol. The van der Waals surface area contributed by atoms with E-state index in [1.807, 2.05) is 61.5 Å². The topological polar surface area (TPSA) is 29.5 Å². The first-order valence-corrected chi connectivity index (χ1v) is 11.5. The number of carbonyl (C=O) groups is 1. The third-order valence-corrected chi connectivity index (χ3v) is 6.35. The monoisotopic (exact) mass is 467 g/mol. The molecule has 178 valence electrons. The van der Waals surface area contributed by atoms with Crippen LogP contribution in [0.3, 0.4) is 0 Å². The number of carbonyl (C=O) groups excluding carboxylic acids is 1. The maximum Gasteiger partial charge on any atom is 0.416 e. The molecule has 0 aromatic heterocycles. The normalized spacial score (nSPS) is 16.2. The molecule has 0 aliphatic carbocycles. The molecule has 3 aromatic carbocycles. The van der Waals surface area contributed by atoms with E-state index in [1.165, 1.54) is 12.1 Å². The van der Waals surface area contributed by atoms with E-state index in [4.69, 9.17) is 4.74 Å². The summed E-state index contributed by atoms with van der Waals surface area (Å²) in [7, 11) is 0. The first-order valence-electron chi connectivity index (χ1n) is 11.5. The van der Waals surface area contributed by atoms with Crippen LogP contribution in [0.1, 0.15) is 46.0 Å². The van der Waals surface area contributed by atoms with Crippen molar-refractivity contribution in [2.24, 2.45) is 5.92 Å². The molecule has 1 atom stereocenters. The molecule has 1 unspecified atom stereocenters. The van der Waals surface area contributed by atoms with E-state index >= 15 is 0 Å². The summed E-state index contributed by atoms with van der Waals surface area (Å²) in [6.07, 6.45) is -3.16. The quantitative estimate of drug-likeness (QED) is 0.361. The van der Waals surface area contributed by atoms with E-state index in [2.05, 4.69) is 4.90 Å². The standard InChI is InChI=1S/C28H28F3NO2/c1-20-7-9-22(10-8-20)27(33)23-15-17-32(18-16-23)19-26(21-5-3-2-4-6-21)34-25-13-11-24(12-14-25)28(29,30)31/h2-14,23,26H,15-19H2,1H3. The van der Waals surface area contributed by atoms with E-state index in [-0.39, 0.29) is 17.8 Å². The van der Waals surface area contributed by atoms with Gasteiger partial charge < -0.3 is 4.74 Å². The van der Waals surface area contributed by atoms with Gasteiger partial charge in [0.05, 0.1) is 5.56 Å². The maximum atomic E-state index is 12.9. The number of rotatable bonds is 7. The Hall–Kier alpha value is -3.12. The van der Waals surface area contributed by atoms with Crippen molar-refractivity contribution in [2.45, 2.75) is 32.0 Å². The van der Waals surface area contributed by atoms with Gasteiger partial charge in [-0.25, -0.2) is 0 Å². The van der Waals surface area contributed by atoms with E-state index in [1.54, 1.807) is 0 Å². The number of likely N-dealkylation sites (tertiary alicyclic amines) is 1. The number of alkyl halides is 3. The molecule has 0 amide bonds. The number of Topliss-reactive ketones (excluding diaryl/α,β-unsaturated/α-hetero) is 1. The van der Waals surface area contributed by atoms with Crippen molar-refractivity contribution in [1.82, 2.24) is 4.90 Å². The number of benzene rings is 3. The zero-order valence-electron chi connectivity index (χ0n) is 19.1. The fourth-order valence-electron chi connectivity index (χ4n) is 4.33. The molecule has 34 heavy (non-hydrogen) atoms. The van der Waals surface area contributed by atoms with Crippen molar-refractivity contribution in [3.8, 4) is 5.75 Å². The Morgan fingerprint density at radius 3 is 2.15 bits per heavy atom. The van der Waals surface area contributed by atoms with Gasteiger partial charge in [0.2, 0.25) is 0 Å². The van der Waals surface area contributed by atoms with E-state index in [9.17, 15) is 18.0 Å². The Bertz CT molecular complexity index is 1070. The molecule has 0 N–H and O–H groups in total. The molecule has 0 radical (unpaired) electrons. The lowest BCUT2D eigenvalue weighted by molar-refractivity contribution is -0.137. The molecule has 1 fully saturated rings. The van der Waals surface area contributed by atoms with Crippen molar-refractivity contribution in [2.75, 3.05) is 19.6 Å². The Morgan fingerprint density at radius 2 is 1.56 bits per heavy atom. The van der Waals surface area contributed by atoms with Crippen LogP contribution < -0.4 is 4.74 Å². The first-order chi connectivity index (χ1) is 16.3. The van der Waals surface area contributed by atoms with Crippen molar-refractivity contribution in [3.05, 3.63) is 101 Å². The number of hydrogen-bond donors (Lipinski definition) is 0. The van der Waals surface area contributed by atoms with Crippen LogP contribution in [-0.2, 0) is 6.18 Å². The van der Waals surface area contributed by atoms with Crippen molar-refractivity contribution < 1.29 is 22.7 Å². The summed E-state index contributed by atoms with van der Waals surface area (Å²) >= 11 is 0. The van der Waals surface area contributed by atoms with Crippen LogP contribution in [0.25, 0.3) is 0 Å². The third-order valence-electron chi connectivity index (χ3n) is 6.35. The van der Waals surface area contributed by atoms with Crippen molar-refractivity contribution in [3.63, 3.8) is 0 Å². The lowest BCUT2D eigenvalue weighted by Gasteiger charge is -2.34. The summed E-state index contributed by atoms with van der Waals surface area (Å²) < 4.78 is 44.8. The number of hydrogen-bond acceptors (Lipinski definition) is 3. The van der Waals surface area contributed by atoms with Gasteiger partial charge in [-0.1, -0.05) is 60.2 Å². The molecule has 3 nitrogen and oxygen atoms in total. The van der Waals surface area contributed by atoms with Crippen LogP contribution in [0.4, 0.5) is 13.2 Å². The zero-order valence-corrected chi connectivity index (χ0v) is 19.1. The molecule has 0 bridgehead atoms. The highest BCUT2D eigenvalue weighted by Crippen LogP contribution is 2.32. The Balaban J connectivity index is 1.40. The highest BCUT2D eigenvalue weighted by atomic mass is 19.4. The maximum absolute atomic E-state index is 12.9. The Labute approximate surface area is 198 Å². The third kappa shape index (κ3) is 6.06. The van der Waals surface area contributed by atoms with Gasteiger partial charge in [0, 0.05) is 18.0 Å². The molecular weight excluding hydrogens is 439 g/mol. The van der Waals surface area contributed by atoms with Gasteiger partial charge in [-0.15, -0.1) is 0 Å². The van der Waals surface area contributed by atoms with Crippen molar-refractivity contribution in [1.29, 1.82) is 0 Å². The second-order valence-corrected chi connectivity index (χ2v) is 8.84. The fraction of sp³-hybridized carbons (Fsp3) is 0.321. The second-order valence-electron chi connectivity index (χ2n) is 8.84. The summed E-state index contributed by atoms with van der Waals surface area (Å²) in [6, 6.07) is 22.2. The van der Waals surface area contributed by atoms with Gasteiger partial charge in [0.1, 0.15) is 11.9 Å². The van der Waals surface area contributed by atoms with Gasteiger partial charge in [-0.05, 0) is 62.7 Å². The summed E-state index contributed by atoms with van der Waals surface area (Å²) in [5.41, 5.74) is 2.15. The molecule has 3 aromatic rings. The molecule has 0 saturated carbocycles. The summed E-state index contributed by atoms with van der Waals surface area (Å²) in [6.45, 7) is 4.13. The van der Waals surface area contributed by atoms with E-state index < -0.39 is 11.7 Å². The molecule has 1 aliphatic rings. The van der Waals surface area contributed by atoms with Crippen LogP contribution in [0.5, 0.6) is 5.75 Å². The van der Waals surface area contributed by atoms with Crippen LogP contribution in [-0.4, -0.2) is 30.3 Å². The highest BCUT2D eigenvalue weighted by Gasteiger charge is 2.31. The number of aryl methyl sites for hydroxylation is 1. The number of halogens is 3. The van der Waals surface area contributed by atoms with Crippen LogP contribution in [0, 0.1) is 12.8 Å². The summed E-state index contributed by atoms with van der Waals surface area (Å²) in [4.78, 5) is 15.1. The number of ketones is 1. The number of ether oxygens (including phenoxy) is 1. The second kappa shape index (κ2) is 10.4. The van der Waals surface area contributed by atoms with Gasteiger partial charge in [0.15, 0.2) is 5.78 Å². The van der Waals surface area contributed by atoms with Crippen molar-refractivity contribution >= 4 is 5.78 Å². The Kier molecular flexibility index (Phi) is 7.37. The smallest absolute Gasteiger partial charge is 0.416 e. The molecule has 4 rings (SSSR count). The lowest BCUT2D eigenvalue weighted by atomic mass is 9.88. The fourth-order valence-corrected chi connectivity index (χ4v) is 4.33. The predicted molar refractivity (Wildman–Crippen MR) is 126 cm³/mol. The average Bonchev–Trinajstić information content (AvgIpc) is 2.84. The number of piperidine rings is 1. The lowest BCUT2D eigenvalue weighted by Crippen LogP contribution is -2.39. The molecule has 1 heterocycles. The summed E-state index contributed by atoms with van der Waals surface area (Å²) in [5.74, 6) is 0.594. The minimum Gasteiger partial charge on any atom is -0.484 e.